The standard InChI is InChI=1S/C19H25N3O/c1-3-16-7-5-6-8-17(16)14-22-19(20-4-2)21-13-15-9-11-18(23)12-10-15/h5-12,23H,3-4,13-14H2,1-2H3,(H2,20,21,22). The Kier molecular flexibility index (Phi) is 6.48. The number of guanidine groups is 1. The topological polar surface area (TPSA) is 56.7 Å². The predicted molar refractivity (Wildman–Crippen MR) is 95.6 cm³/mol. The van der Waals surface area contributed by atoms with Gasteiger partial charge in [-0.15, -0.1) is 0 Å². The first-order valence-corrected chi connectivity index (χ1v) is 8.09. The minimum atomic E-state index is 0.277. The number of phenols is 1. The summed E-state index contributed by atoms with van der Waals surface area (Å²) in [6, 6.07) is 15.6. The van der Waals surface area contributed by atoms with Gasteiger partial charge in [0.05, 0.1) is 6.54 Å². The van der Waals surface area contributed by atoms with Gasteiger partial charge in [0.25, 0.3) is 0 Å². The van der Waals surface area contributed by atoms with Gasteiger partial charge in [0.2, 0.25) is 0 Å². The van der Waals surface area contributed by atoms with Crippen LogP contribution in [0.4, 0.5) is 0 Å². The Morgan fingerprint density at radius 1 is 0.957 bits per heavy atom. The second-order valence-electron chi connectivity index (χ2n) is 5.34. The molecule has 0 heterocycles. The first-order chi connectivity index (χ1) is 11.2. The van der Waals surface area contributed by atoms with E-state index < -0.39 is 0 Å². The second-order valence-corrected chi connectivity index (χ2v) is 5.34. The zero-order valence-electron chi connectivity index (χ0n) is 13.8. The molecule has 0 atom stereocenters. The summed E-state index contributed by atoms with van der Waals surface area (Å²) in [6.45, 7) is 6.37. The smallest absolute Gasteiger partial charge is 0.191 e. The molecule has 0 aliphatic rings. The maximum Gasteiger partial charge on any atom is 0.191 e. The molecule has 2 aromatic carbocycles. The van der Waals surface area contributed by atoms with Crippen LogP contribution in [0.1, 0.15) is 30.5 Å². The zero-order valence-corrected chi connectivity index (χ0v) is 13.8. The lowest BCUT2D eigenvalue weighted by Gasteiger charge is -2.13. The van der Waals surface area contributed by atoms with Crippen LogP contribution in [0, 0.1) is 0 Å². The first kappa shape index (κ1) is 16.9. The van der Waals surface area contributed by atoms with E-state index in [0.29, 0.717) is 6.54 Å². The van der Waals surface area contributed by atoms with Crippen molar-refractivity contribution in [3.63, 3.8) is 0 Å². The van der Waals surface area contributed by atoms with Gasteiger partial charge in [0.1, 0.15) is 5.75 Å². The van der Waals surface area contributed by atoms with Gasteiger partial charge in [0.15, 0.2) is 5.96 Å². The number of aryl methyl sites for hydroxylation is 1. The largest absolute Gasteiger partial charge is 0.508 e. The molecule has 0 fully saturated rings. The van der Waals surface area contributed by atoms with Crippen LogP contribution in [0.25, 0.3) is 0 Å². The molecule has 23 heavy (non-hydrogen) atoms. The molecule has 4 heteroatoms. The van der Waals surface area contributed by atoms with Crippen molar-refractivity contribution in [2.24, 2.45) is 4.99 Å². The highest BCUT2D eigenvalue weighted by Crippen LogP contribution is 2.11. The maximum atomic E-state index is 9.32. The third-order valence-corrected chi connectivity index (χ3v) is 3.65. The van der Waals surface area contributed by atoms with Gasteiger partial charge >= 0.3 is 0 Å². The van der Waals surface area contributed by atoms with Crippen LogP contribution in [0.5, 0.6) is 5.75 Å². The Bertz CT molecular complexity index is 635. The fourth-order valence-corrected chi connectivity index (χ4v) is 2.37. The molecule has 0 bridgehead atoms. The first-order valence-electron chi connectivity index (χ1n) is 8.09. The summed E-state index contributed by atoms with van der Waals surface area (Å²) in [5.41, 5.74) is 3.72. The summed E-state index contributed by atoms with van der Waals surface area (Å²) in [5, 5.41) is 16.0. The second kappa shape index (κ2) is 8.83. The number of aromatic hydroxyl groups is 1. The van der Waals surface area contributed by atoms with E-state index in [1.165, 1.54) is 11.1 Å². The average molecular weight is 311 g/mol. The van der Waals surface area contributed by atoms with Crippen molar-refractivity contribution in [3.05, 3.63) is 65.2 Å². The highest BCUT2D eigenvalue weighted by molar-refractivity contribution is 5.79. The van der Waals surface area contributed by atoms with Gasteiger partial charge < -0.3 is 15.7 Å². The van der Waals surface area contributed by atoms with E-state index in [1.807, 2.05) is 12.1 Å². The van der Waals surface area contributed by atoms with Crippen LogP contribution < -0.4 is 10.6 Å². The molecule has 0 aliphatic heterocycles. The SMILES string of the molecule is CCNC(=NCc1ccc(O)cc1)NCc1ccccc1CC. The van der Waals surface area contributed by atoms with E-state index in [0.717, 1.165) is 31.0 Å². The lowest BCUT2D eigenvalue weighted by atomic mass is 10.1. The monoisotopic (exact) mass is 311 g/mol. The van der Waals surface area contributed by atoms with E-state index in [1.54, 1.807) is 12.1 Å². The normalized spacial score (nSPS) is 11.3. The average Bonchev–Trinajstić information content (AvgIpc) is 2.59. The highest BCUT2D eigenvalue weighted by atomic mass is 16.3. The summed E-state index contributed by atoms with van der Waals surface area (Å²) in [4.78, 5) is 4.60. The van der Waals surface area contributed by atoms with E-state index >= 15 is 0 Å². The molecule has 122 valence electrons. The summed E-state index contributed by atoms with van der Waals surface area (Å²) < 4.78 is 0. The molecule has 0 radical (unpaired) electrons. The lowest BCUT2D eigenvalue weighted by molar-refractivity contribution is 0.475. The van der Waals surface area contributed by atoms with Gasteiger partial charge in [-0.05, 0) is 42.2 Å². The number of phenolic OH excluding ortho intramolecular Hbond substituents is 1. The maximum absolute atomic E-state index is 9.32. The zero-order chi connectivity index (χ0) is 16.5. The van der Waals surface area contributed by atoms with Crippen molar-refractivity contribution in [2.75, 3.05) is 6.54 Å². The third kappa shape index (κ3) is 5.33. The minimum absolute atomic E-state index is 0.277. The predicted octanol–water partition coefficient (Wildman–Crippen LogP) is 3.21. The van der Waals surface area contributed by atoms with Crippen LogP contribution in [0.15, 0.2) is 53.5 Å². The van der Waals surface area contributed by atoms with E-state index in [2.05, 4.69) is 53.7 Å². The van der Waals surface area contributed by atoms with Gasteiger partial charge in [-0.2, -0.15) is 0 Å². The molecule has 0 aromatic heterocycles. The van der Waals surface area contributed by atoms with E-state index in [-0.39, 0.29) is 5.75 Å². The fourth-order valence-electron chi connectivity index (χ4n) is 2.37. The number of hydrogen-bond donors (Lipinski definition) is 3. The number of nitrogens with one attached hydrogen (secondary N) is 2. The van der Waals surface area contributed by atoms with Crippen LogP contribution in [0.2, 0.25) is 0 Å². The Morgan fingerprint density at radius 2 is 1.65 bits per heavy atom. The van der Waals surface area contributed by atoms with E-state index in [9.17, 15) is 5.11 Å². The summed E-state index contributed by atoms with van der Waals surface area (Å²) >= 11 is 0. The molecule has 0 aliphatic carbocycles. The molecule has 2 aromatic rings. The van der Waals surface area contributed by atoms with Crippen molar-refractivity contribution in [1.82, 2.24) is 10.6 Å². The molecule has 0 unspecified atom stereocenters. The summed E-state index contributed by atoms with van der Waals surface area (Å²) in [5.74, 6) is 1.07. The van der Waals surface area contributed by atoms with Crippen LogP contribution in [-0.4, -0.2) is 17.6 Å². The molecule has 2 rings (SSSR count). The van der Waals surface area contributed by atoms with Gasteiger partial charge in [-0.1, -0.05) is 43.3 Å². The van der Waals surface area contributed by atoms with Crippen LogP contribution in [0.3, 0.4) is 0 Å². The van der Waals surface area contributed by atoms with E-state index in [4.69, 9.17) is 0 Å². The Hall–Kier alpha value is -2.49. The quantitative estimate of drug-likeness (QED) is 0.567. The van der Waals surface area contributed by atoms with Gasteiger partial charge in [-0.25, -0.2) is 4.99 Å². The molecule has 4 nitrogen and oxygen atoms in total. The third-order valence-electron chi connectivity index (χ3n) is 3.65. The number of nitrogens with zero attached hydrogens (tertiary/aromatic N) is 1. The number of aliphatic imine (C=N–C) groups is 1. The fraction of sp³-hybridized carbons (Fsp3) is 0.316. The highest BCUT2D eigenvalue weighted by Gasteiger charge is 2.02. The molecule has 0 saturated heterocycles. The number of benzene rings is 2. The van der Waals surface area contributed by atoms with Crippen molar-refractivity contribution >= 4 is 5.96 Å². The molecular weight excluding hydrogens is 286 g/mol. The molecule has 0 amide bonds. The van der Waals surface area contributed by atoms with Crippen LogP contribution >= 0.6 is 0 Å². The number of hydrogen-bond acceptors (Lipinski definition) is 2. The Balaban J connectivity index is 2.00. The summed E-state index contributed by atoms with van der Waals surface area (Å²) in [7, 11) is 0. The van der Waals surface area contributed by atoms with Crippen LogP contribution in [-0.2, 0) is 19.5 Å². The summed E-state index contributed by atoms with van der Waals surface area (Å²) in [6.07, 6.45) is 1.03. The molecule has 0 spiro atoms. The lowest BCUT2D eigenvalue weighted by Crippen LogP contribution is -2.37. The Labute approximate surface area is 138 Å². The van der Waals surface area contributed by atoms with Crippen molar-refractivity contribution in [3.8, 4) is 5.75 Å². The molecule has 0 saturated carbocycles. The van der Waals surface area contributed by atoms with Crippen molar-refractivity contribution < 1.29 is 5.11 Å². The molecule has 3 N–H and O–H groups in total. The van der Waals surface area contributed by atoms with Crippen molar-refractivity contribution in [1.29, 1.82) is 0 Å². The van der Waals surface area contributed by atoms with Gasteiger partial charge in [0, 0.05) is 13.1 Å². The van der Waals surface area contributed by atoms with Gasteiger partial charge in [-0.3, -0.25) is 0 Å². The number of rotatable bonds is 6. The Morgan fingerprint density at radius 3 is 2.30 bits per heavy atom. The molecular formula is C19H25N3O. The van der Waals surface area contributed by atoms with Crippen molar-refractivity contribution in [2.45, 2.75) is 33.4 Å². The minimum Gasteiger partial charge on any atom is -0.508 e.